The van der Waals surface area contributed by atoms with Crippen LogP contribution in [-0.2, 0) is 0 Å². The molecule has 0 unspecified atom stereocenters. The first kappa shape index (κ1) is 14.2. The van der Waals surface area contributed by atoms with Crippen LogP contribution in [-0.4, -0.2) is 0 Å². The first-order chi connectivity index (χ1) is 9.33. The Morgan fingerprint density at radius 3 is 2.32 bits per heavy atom. The summed E-state index contributed by atoms with van der Waals surface area (Å²) in [6.07, 6.45) is 10.7. The molecule has 103 valence electrons. The first-order valence-electron chi connectivity index (χ1n) is 7.84. The fraction of sp³-hybridized carbons (Fsp3) is 0.556. The van der Waals surface area contributed by atoms with E-state index in [-0.39, 0.29) is 0 Å². The molecule has 2 rings (SSSR count). The van der Waals surface area contributed by atoms with Gasteiger partial charge in [-0.2, -0.15) is 0 Å². The molecule has 1 radical (unpaired) electrons. The van der Waals surface area contributed by atoms with Crippen LogP contribution >= 0.6 is 0 Å². The highest BCUT2D eigenvalue weighted by molar-refractivity contribution is 5.80. The van der Waals surface area contributed by atoms with Crippen LogP contribution in [0.3, 0.4) is 0 Å². The van der Waals surface area contributed by atoms with Gasteiger partial charge in [0, 0.05) is 11.3 Å². The van der Waals surface area contributed by atoms with Crippen molar-refractivity contribution in [1.29, 1.82) is 0 Å². The van der Waals surface area contributed by atoms with Crippen molar-refractivity contribution in [3.63, 3.8) is 0 Å². The Hall–Kier alpha value is -1.24. The largest absolute Gasteiger partial charge is 0.253 e. The molecule has 0 saturated heterocycles. The lowest BCUT2D eigenvalue weighted by atomic mass is 10.0. The van der Waals surface area contributed by atoms with E-state index in [0.29, 0.717) is 0 Å². The zero-order valence-electron chi connectivity index (χ0n) is 12.4. The van der Waals surface area contributed by atoms with Gasteiger partial charge in [0.15, 0.2) is 0 Å². The predicted molar refractivity (Wildman–Crippen MR) is 83.4 cm³/mol. The topological polar surface area (TPSA) is 14.1 Å². The molecular weight excluding hydrogens is 230 g/mol. The minimum Gasteiger partial charge on any atom is -0.253 e. The lowest BCUT2D eigenvalue weighted by Gasteiger charge is -2.04. The number of hydrogen-bond donors (Lipinski definition) is 0. The van der Waals surface area contributed by atoms with Crippen molar-refractivity contribution in [3.05, 3.63) is 35.5 Å². The summed E-state index contributed by atoms with van der Waals surface area (Å²) in [7, 11) is 0. The fourth-order valence-electron chi connectivity index (χ4n) is 2.77. The van der Waals surface area contributed by atoms with Crippen LogP contribution in [0.15, 0.2) is 30.0 Å². The third kappa shape index (κ3) is 3.86. The first-order valence-corrected chi connectivity index (χ1v) is 7.84. The highest BCUT2D eigenvalue weighted by Gasteiger charge is 2.18. The third-order valence-corrected chi connectivity index (χ3v) is 4.01. The van der Waals surface area contributed by atoms with Crippen LogP contribution in [0.4, 0.5) is 5.69 Å². The van der Waals surface area contributed by atoms with Crippen LogP contribution < -0.4 is 5.32 Å². The third-order valence-electron chi connectivity index (χ3n) is 4.01. The Labute approximate surface area is 118 Å². The van der Waals surface area contributed by atoms with Crippen LogP contribution in [0.2, 0.25) is 0 Å². The molecule has 1 heteroatoms. The Morgan fingerprint density at radius 2 is 1.58 bits per heavy atom. The summed E-state index contributed by atoms with van der Waals surface area (Å²) < 4.78 is 0. The molecule has 19 heavy (non-hydrogen) atoms. The Morgan fingerprint density at radius 1 is 0.895 bits per heavy atom. The molecular formula is C18H26N. The molecule has 0 aromatic heterocycles. The molecule has 1 aromatic rings. The summed E-state index contributed by atoms with van der Waals surface area (Å²) in [5.74, 6) is 0. The molecule has 0 spiro atoms. The van der Waals surface area contributed by atoms with E-state index in [1.165, 1.54) is 61.8 Å². The van der Waals surface area contributed by atoms with E-state index in [9.17, 15) is 0 Å². The molecule has 1 aliphatic heterocycles. The number of para-hydroxylation sites is 1. The number of hydrogen-bond acceptors (Lipinski definition) is 0. The maximum absolute atomic E-state index is 4.76. The molecule has 0 bridgehead atoms. The van der Waals surface area contributed by atoms with Crippen molar-refractivity contribution in [2.75, 3.05) is 0 Å². The van der Waals surface area contributed by atoms with Crippen molar-refractivity contribution < 1.29 is 0 Å². The highest BCUT2D eigenvalue weighted by atomic mass is 14.9. The van der Waals surface area contributed by atoms with Gasteiger partial charge in [-0.05, 0) is 31.4 Å². The van der Waals surface area contributed by atoms with Gasteiger partial charge in [-0.3, -0.25) is 5.32 Å². The van der Waals surface area contributed by atoms with Gasteiger partial charge in [-0.15, -0.1) is 0 Å². The smallest absolute Gasteiger partial charge is 0.0708 e. The molecule has 0 amide bonds. The van der Waals surface area contributed by atoms with Gasteiger partial charge < -0.3 is 0 Å². The van der Waals surface area contributed by atoms with Crippen LogP contribution in [0, 0.1) is 0 Å². The number of allylic oxidation sites excluding steroid dienone is 2. The zero-order valence-corrected chi connectivity index (χ0v) is 12.4. The number of nitrogens with zero attached hydrogens (tertiary/aromatic N) is 1. The molecule has 1 heterocycles. The average molecular weight is 256 g/mol. The van der Waals surface area contributed by atoms with Crippen molar-refractivity contribution in [1.82, 2.24) is 5.32 Å². The predicted octanol–water partition coefficient (Wildman–Crippen LogP) is 5.81. The van der Waals surface area contributed by atoms with E-state index >= 15 is 0 Å². The molecule has 0 fully saturated rings. The van der Waals surface area contributed by atoms with E-state index in [2.05, 4.69) is 38.1 Å². The summed E-state index contributed by atoms with van der Waals surface area (Å²) in [4.78, 5) is 0. The van der Waals surface area contributed by atoms with Crippen molar-refractivity contribution in [2.45, 2.75) is 65.2 Å². The maximum Gasteiger partial charge on any atom is 0.0708 e. The standard InChI is InChI=1S/C18H26N/c1-3-4-5-6-7-8-9-13-17-15(2)16-12-10-11-14-18(16)19-17/h10-12,14H,3-9,13H2,1-2H3. The second-order valence-corrected chi connectivity index (χ2v) is 5.57. The van der Waals surface area contributed by atoms with Gasteiger partial charge in [-0.1, -0.05) is 63.6 Å². The fourth-order valence-corrected chi connectivity index (χ4v) is 2.77. The summed E-state index contributed by atoms with van der Waals surface area (Å²) in [5, 5.41) is 4.76. The molecule has 1 aromatic carbocycles. The second kappa shape index (κ2) is 7.37. The highest BCUT2D eigenvalue weighted by Crippen LogP contribution is 2.35. The number of fused-ring (bicyclic) bond motifs is 1. The van der Waals surface area contributed by atoms with Crippen molar-refractivity contribution >= 4 is 11.3 Å². The van der Waals surface area contributed by atoms with Gasteiger partial charge in [0.2, 0.25) is 0 Å². The quantitative estimate of drug-likeness (QED) is 0.521. The second-order valence-electron chi connectivity index (χ2n) is 5.57. The normalized spacial score (nSPS) is 13.6. The summed E-state index contributed by atoms with van der Waals surface area (Å²) in [6.45, 7) is 4.49. The van der Waals surface area contributed by atoms with Gasteiger partial charge >= 0.3 is 0 Å². The summed E-state index contributed by atoms with van der Waals surface area (Å²) >= 11 is 0. The molecule has 1 aliphatic rings. The van der Waals surface area contributed by atoms with E-state index in [1.54, 1.807) is 0 Å². The van der Waals surface area contributed by atoms with E-state index in [0.717, 1.165) is 12.1 Å². The van der Waals surface area contributed by atoms with Gasteiger partial charge in [0.1, 0.15) is 0 Å². The van der Waals surface area contributed by atoms with Gasteiger partial charge in [0.05, 0.1) is 5.69 Å². The van der Waals surface area contributed by atoms with Crippen molar-refractivity contribution in [2.24, 2.45) is 0 Å². The lowest BCUT2D eigenvalue weighted by Crippen LogP contribution is -1.93. The van der Waals surface area contributed by atoms with E-state index in [4.69, 9.17) is 5.32 Å². The van der Waals surface area contributed by atoms with Crippen LogP contribution in [0.1, 0.15) is 70.8 Å². The molecule has 0 N–H and O–H groups in total. The molecule has 0 saturated carbocycles. The maximum atomic E-state index is 4.76. The Balaban J connectivity index is 1.69. The zero-order chi connectivity index (χ0) is 13.5. The SMILES string of the molecule is CCCCCCCCCC1=C(C)c2ccccc2[N]1. The van der Waals surface area contributed by atoms with Gasteiger partial charge in [-0.25, -0.2) is 0 Å². The Kier molecular flexibility index (Phi) is 5.50. The summed E-state index contributed by atoms with van der Waals surface area (Å²) in [5.41, 5.74) is 5.20. The van der Waals surface area contributed by atoms with Crippen molar-refractivity contribution in [3.8, 4) is 0 Å². The van der Waals surface area contributed by atoms with Crippen LogP contribution in [0.5, 0.6) is 0 Å². The monoisotopic (exact) mass is 256 g/mol. The Bertz CT molecular complexity index is 431. The molecule has 0 atom stereocenters. The van der Waals surface area contributed by atoms with E-state index in [1.807, 2.05) is 0 Å². The minimum absolute atomic E-state index is 1.15. The minimum atomic E-state index is 1.15. The number of unbranched alkanes of at least 4 members (excludes halogenated alkanes) is 6. The van der Waals surface area contributed by atoms with Crippen LogP contribution in [0.25, 0.3) is 5.57 Å². The summed E-state index contributed by atoms with van der Waals surface area (Å²) in [6, 6.07) is 8.49. The number of rotatable bonds is 8. The van der Waals surface area contributed by atoms with Gasteiger partial charge in [0.25, 0.3) is 0 Å². The lowest BCUT2D eigenvalue weighted by molar-refractivity contribution is 0.586. The van der Waals surface area contributed by atoms with E-state index < -0.39 is 0 Å². The molecule has 0 aliphatic carbocycles. The number of benzene rings is 1. The average Bonchev–Trinajstić information content (AvgIpc) is 2.75. The molecule has 1 nitrogen and oxygen atoms in total.